The number of methoxy groups -OCH3 is 1. The Kier molecular flexibility index (Phi) is 5.21. The summed E-state index contributed by atoms with van der Waals surface area (Å²) in [6.07, 6.45) is 0. The highest BCUT2D eigenvalue weighted by atomic mass is 32.1. The smallest absolute Gasteiger partial charge is 0.301 e. The van der Waals surface area contributed by atoms with E-state index >= 15 is 0 Å². The Labute approximate surface area is 197 Å². The topological polar surface area (TPSA) is 92.9 Å². The fourth-order valence-electron chi connectivity index (χ4n) is 4.13. The predicted octanol–water partition coefficient (Wildman–Crippen LogP) is 5.28. The lowest BCUT2D eigenvalue weighted by atomic mass is 9.95. The summed E-state index contributed by atoms with van der Waals surface area (Å²) in [6, 6.07) is 11.6. The highest BCUT2D eigenvalue weighted by Crippen LogP contribution is 2.45. The first-order valence-electron chi connectivity index (χ1n) is 10.4. The van der Waals surface area contributed by atoms with E-state index < -0.39 is 23.5 Å². The molecule has 4 aromatic rings. The zero-order valence-electron chi connectivity index (χ0n) is 18.5. The first-order chi connectivity index (χ1) is 16.3. The van der Waals surface area contributed by atoms with E-state index in [0.29, 0.717) is 38.6 Å². The monoisotopic (exact) mass is 478 g/mol. The summed E-state index contributed by atoms with van der Waals surface area (Å²) < 4.78 is 25.0. The van der Waals surface area contributed by atoms with Gasteiger partial charge in [0.1, 0.15) is 28.8 Å². The number of rotatable bonds is 4. The predicted molar refractivity (Wildman–Crippen MR) is 126 cm³/mol. The number of aryl methyl sites for hydroxylation is 2. The molecular formula is C25H19FN2O5S. The van der Waals surface area contributed by atoms with Gasteiger partial charge in [0.15, 0.2) is 5.13 Å². The number of anilines is 1. The molecule has 1 fully saturated rings. The third-order valence-corrected chi connectivity index (χ3v) is 6.73. The number of ether oxygens (including phenoxy) is 1. The Balaban J connectivity index is 1.74. The van der Waals surface area contributed by atoms with Gasteiger partial charge in [-0.25, -0.2) is 9.37 Å². The molecule has 2 aromatic carbocycles. The first kappa shape index (κ1) is 21.8. The lowest BCUT2D eigenvalue weighted by Gasteiger charge is -2.23. The van der Waals surface area contributed by atoms with E-state index in [4.69, 9.17) is 9.15 Å². The van der Waals surface area contributed by atoms with E-state index in [2.05, 4.69) is 4.98 Å². The minimum Gasteiger partial charge on any atom is -0.507 e. The van der Waals surface area contributed by atoms with Gasteiger partial charge in [-0.1, -0.05) is 23.5 Å². The van der Waals surface area contributed by atoms with Crippen LogP contribution in [0, 0.1) is 19.7 Å². The van der Waals surface area contributed by atoms with Gasteiger partial charge in [-0.15, -0.1) is 0 Å². The highest BCUT2D eigenvalue weighted by molar-refractivity contribution is 7.22. The van der Waals surface area contributed by atoms with Gasteiger partial charge < -0.3 is 14.3 Å². The summed E-state index contributed by atoms with van der Waals surface area (Å²) >= 11 is 1.09. The zero-order chi connectivity index (χ0) is 24.1. The second-order valence-corrected chi connectivity index (χ2v) is 8.89. The van der Waals surface area contributed by atoms with Gasteiger partial charge in [-0.05, 0) is 55.8 Å². The SMILES string of the molecule is COc1ccc(C2C(=C(O)c3cc(C)oc3C)C(=O)C(=O)N2c2nc3ccc(F)cc3s2)cc1. The third-order valence-electron chi connectivity index (χ3n) is 5.72. The molecule has 1 unspecified atom stereocenters. The number of aliphatic hydroxyl groups is 1. The van der Waals surface area contributed by atoms with Gasteiger partial charge in [-0.2, -0.15) is 0 Å². The number of halogens is 1. The molecule has 172 valence electrons. The molecule has 1 aliphatic rings. The van der Waals surface area contributed by atoms with Crippen LogP contribution in [0.15, 0.2) is 58.5 Å². The molecular weight excluding hydrogens is 459 g/mol. The van der Waals surface area contributed by atoms with Crippen LogP contribution in [0.1, 0.15) is 28.7 Å². The lowest BCUT2D eigenvalue weighted by molar-refractivity contribution is -0.132. The maximum atomic E-state index is 13.8. The summed E-state index contributed by atoms with van der Waals surface area (Å²) in [7, 11) is 1.53. The number of fused-ring (bicyclic) bond motifs is 1. The molecule has 1 amide bonds. The molecule has 2 aromatic heterocycles. The number of benzene rings is 2. The average Bonchev–Trinajstić information content (AvgIpc) is 3.46. The van der Waals surface area contributed by atoms with Crippen LogP contribution in [0.3, 0.4) is 0 Å². The van der Waals surface area contributed by atoms with E-state index in [1.807, 2.05) is 0 Å². The number of Topliss-reactive ketones (excluding diaryl/α,β-unsaturated/α-hetero) is 1. The van der Waals surface area contributed by atoms with Crippen molar-refractivity contribution in [3.05, 3.63) is 82.6 Å². The number of aliphatic hydroxyl groups excluding tert-OH is 1. The number of thiazole rings is 1. The van der Waals surface area contributed by atoms with E-state index in [9.17, 15) is 19.1 Å². The number of carbonyl (C=O) groups is 2. The van der Waals surface area contributed by atoms with Crippen molar-refractivity contribution in [2.24, 2.45) is 0 Å². The van der Waals surface area contributed by atoms with Crippen LogP contribution in [-0.4, -0.2) is 28.9 Å². The van der Waals surface area contributed by atoms with E-state index in [-0.39, 0.29) is 16.5 Å². The van der Waals surface area contributed by atoms with Crippen LogP contribution in [-0.2, 0) is 9.59 Å². The molecule has 0 bridgehead atoms. The van der Waals surface area contributed by atoms with Crippen molar-refractivity contribution in [2.75, 3.05) is 12.0 Å². The Morgan fingerprint density at radius 2 is 1.88 bits per heavy atom. The van der Waals surface area contributed by atoms with Crippen molar-refractivity contribution < 1.29 is 28.2 Å². The van der Waals surface area contributed by atoms with Gasteiger partial charge in [0.05, 0.1) is 34.5 Å². The summed E-state index contributed by atoms with van der Waals surface area (Å²) in [5, 5.41) is 11.4. The van der Waals surface area contributed by atoms with Crippen molar-refractivity contribution >= 4 is 44.1 Å². The number of hydrogen-bond donors (Lipinski definition) is 1. The second kappa shape index (κ2) is 8.11. The Bertz CT molecular complexity index is 1480. The van der Waals surface area contributed by atoms with Crippen molar-refractivity contribution in [1.82, 2.24) is 4.98 Å². The van der Waals surface area contributed by atoms with E-state index in [1.54, 1.807) is 44.2 Å². The molecule has 0 radical (unpaired) electrons. The molecule has 9 heteroatoms. The summed E-state index contributed by atoms with van der Waals surface area (Å²) in [5.74, 6) is -0.864. The number of amides is 1. The normalized spacial score (nSPS) is 17.6. The number of hydrogen-bond acceptors (Lipinski definition) is 7. The largest absolute Gasteiger partial charge is 0.507 e. The fraction of sp³-hybridized carbons (Fsp3) is 0.160. The molecule has 3 heterocycles. The molecule has 5 rings (SSSR count). The second-order valence-electron chi connectivity index (χ2n) is 7.88. The molecule has 1 atom stereocenters. The Hall–Kier alpha value is -3.98. The van der Waals surface area contributed by atoms with Gasteiger partial charge in [0.2, 0.25) is 0 Å². The summed E-state index contributed by atoms with van der Waals surface area (Å²) in [4.78, 5) is 32.2. The van der Waals surface area contributed by atoms with Crippen LogP contribution in [0.2, 0.25) is 0 Å². The highest BCUT2D eigenvalue weighted by Gasteiger charge is 2.48. The molecule has 1 N–H and O–H groups in total. The van der Waals surface area contributed by atoms with E-state index in [1.165, 1.54) is 30.2 Å². The molecule has 0 saturated carbocycles. The van der Waals surface area contributed by atoms with Crippen LogP contribution >= 0.6 is 11.3 Å². The third kappa shape index (κ3) is 3.45. The Morgan fingerprint density at radius 3 is 2.53 bits per heavy atom. The van der Waals surface area contributed by atoms with Crippen molar-refractivity contribution in [2.45, 2.75) is 19.9 Å². The molecule has 1 aliphatic heterocycles. The van der Waals surface area contributed by atoms with Crippen LogP contribution in [0.4, 0.5) is 9.52 Å². The van der Waals surface area contributed by atoms with Gasteiger partial charge in [-0.3, -0.25) is 14.5 Å². The van der Waals surface area contributed by atoms with Gasteiger partial charge >= 0.3 is 5.91 Å². The first-order valence-corrected chi connectivity index (χ1v) is 11.2. The Morgan fingerprint density at radius 1 is 1.15 bits per heavy atom. The quantitative estimate of drug-likeness (QED) is 0.244. The number of ketones is 1. The maximum absolute atomic E-state index is 13.8. The van der Waals surface area contributed by atoms with E-state index in [0.717, 1.165) is 11.3 Å². The summed E-state index contributed by atoms with van der Waals surface area (Å²) in [6.45, 7) is 3.40. The fourth-order valence-corrected chi connectivity index (χ4v) is 5.15. The molecule has 7 nitrogen and oxygen atoms in total. The van der Waals surface area contributed by atoms with Gasteiger partial charge in [0.25, 0.3) is 5.78 Å². The number of nitrogens with zero attached hydrogens (tertiary/aromatic N) is 2. The van der Waals surface area contributed by atoms with Gasteiger partial charge in [0, 0.05) is 0 Å². The van der Waals surface area contributed by atoms with Crippen LogP contribution < -0.4 is 9.64 Å². The number of carbonyl (C=O) groups excluding carboxylic acids is 2. The summed E-state index contributed by atoms with van der Waals surface area (Å²) in [5.41, 5.74) is 1.33. The average molecular weight is 479 g/mol. The zero-order valence-corrected chi connectivity index (χ0v) is 19.3. The molecule has 1 saturated heterocycles. The number of furan rings is 1. The number of aromatic nitrogens is 1. The minimum atomic E-state index is -0.953. The standard InChI is InChI=1S/C25H19FN2O5S/c1-12-10-17(13(2)33-12)22(29)20-21(14-4-7-16(32-3)8-5-14)28(24(31)23(20)30)25-27-18-9-6-15(26)11-19(18)34-25/h4-11,21,29H,1-3H3. The molecule has 0 aliphatic carbocycles. The molecule has 34 heavy (non-hydrogen) atoms. The van der Waals surface area contributed by atoms with Crippen LogP contribution in [0.5, 0.6) is 5.75 Å². The van der Waals surface area contributed by atoms with Crippen molar-refractivity contribution in [1.29, 1.82) is 0 Å². The minimum absolute atomic E-state index is 0.0792. The van der Waals surface area contributed by atoms with Crippen molar-refractivity contribution in [3.63, 3.8) is 0 Å². The van der Waals surface area contributed by atoms with Crippen LogP contribution in [0.25, 0.3) is 16.0 Å². The maximum Gasteiger partial charge on any atom is 0.301 e. The lowest BCUT2D eigenvalue weighted by Crippen LogP contribution is -2.29. The molecule has 0 spiro atoms. The van der Waals surface area contributed by atoms with Crippen molar-refractivity contribution in [3.8, 4) is 5.75 Å².